The van der Waals surface area contributed by atoms with Gasteiger partial charge < -0.3 is 5.32 Å². The molecule has 2 aromatic rings. The highest BCUT2D eigenvalue weighted by atomic mass is 16.2. The molecule has 0 bridgehead atoms. The predicted molar refractivity (Wildman–Crippen MR) is 84.2 cm³/mol. The fourth-order valence-electron chi connectivity index (χ4n) is 1.77. The van der Waals surface area contributed by atoms with E-state index in [0.29, 0.717) is 0 Å². The molecular formula is C16H18N4O. The molecule has 108 valence electrons. The van der Waals surface area contributed by atoms with Crippen LogP contribution in [0.3, 0.4) is 0 Å². The molecule has 0 aliphatic rings. The standard InChI is InChI=1S/C16H18N4O/c1-12-4-3-5-15(10-12)19-13(2)16(21)20-18-11-14-6-8-17-9-7-14/h3-11,13,19H,1-2H3,(H,20,21). The van der Waals surface area contributed by atoms with E-state index in [4.69, 9.17) is 0 Å². The van der Waals surface area contributed by atoms with Gasteiger partial charge in [0.05, 0.1) is 6.21 Å². The summed E-state index contributed by atoms with van der Waals surface area (Å²) in [4.78, 5) is 15.8. The Kier molecular flexibility index (Phi) is 5.04. The summed E-state index contributed by atoms with van der Waals surface area (Å²) in [5.74, 6) is -0.193. The van der Waals surface area contributed by atoms with Gasteiger partial charge in [0.2, 0.25) is 0 Å². The van der Waals surface area contributed by atoms with E-state index in [1.807, 2.05) is 43.3 Å². The number of hydrogen-bond donors (Lipinski definition) is 2. The molecule has 0 fully saturated rings. The van der Waals surface area contributed by atoms with Crippen LogP contribution in [0, 0.1) is 6.92 Å². The third-order valence-electron chi connectivity index (χ3n) is 2.89. The zero-order valence-electron chi connectivity index (χ0n) is 12.1. The minimum absolute atomic E-state index is 0.193. The average Bonchev–Trinajstić information content (AvgIpc) is 2.48. The summed E-state index contributed by atoms with van der Waals surface area (Å²) in [5.41, 5.74) is 5.45. The molecule has 2 rings (SSSR count). The van der Waals surface area contributed by atoms with Crippen LogP contribution < -0.4 is 10.7 Å². The van der Waals surface area contributed by atoms with Crippen molar-refractivity contribution >= 4 is 17.8 Å². The molecule has 0 aliphatic heterocycles. The molecule has 1 heterocycles. The molecule has 5 heteroatoms. The minimum atomic E-state index is -0.374. The molecule has 5 nitrogen and oxygen atoms in total. The van der Waals surface area contributed by atoms with Gasteiger partial charge in [-0.05, 0) is 49.2 Å². The highest BCUT2D eigenvalue weighted by Gasteiger charge is 2.11. The normalized spacial score (nSPS) is 12.1. The first-order valence-corrected chi connectivity index (χ1v) is 6.71. The van der Waals surface area contributed by atoms with E-state index in [2.05, 4.69) is 20.8 Å². The molecule has 21 heavy (non-hydrogen) atoms. The summed E-state index contributed by atoms with van der Waals surface area (Å²) in [6.07, 6.45) is 4.93. The van der Waals surface area contributed by atoms with Crippen molar-refractivity contribution in [3.8, 4) is 0 Å². The van der Waals surface area contributed by atoms with Gasteiger partial charge in [-0.2, -0.15) is 5.10 Å². The van der Waals surface area contributed by atoms with E-state index in [1.165, 1.54) is 0 Å². The van der Waals surface area contributed by atoms with Crippen molar-refractivity contribution in [2.24, 2.45) is 5.10 Å². The summed E-state index contributed by atoms with van der Waals surface area (Å²) in [5, 5.41) is 7.06. The topological polar surface area (TPSA) is 66.4 Å². The molecule has 2 N–H and O–H groups in total. The number of amides is 1. The van der Waals surface area contributed by atoms with Gasteiger partial charge in [0.1, 0.15) is 6.04 Å². The summed E-state index contributed by atoms with van der Waals surface area (Å²) >= 11 is 0. The van der Waals surface area contributed by atoms with E-state index in [-0.39, 0.29) is 11.9 Å². The van der Waals surface area contributed by atoms with Gasteiger partial charge >= 0.3 is 0 Å². The number of nitrogens with zero attached hydrogens (tertiary/aromatic N) is 2. The van der Waals surface area contributed by atoms with E-state index >= 15 is 0 Å². The number of hydrazone groups is 1. The number of pyridine rings is 1. The Morgan fingerprint density at radius 2 is 2.05 bits per heavy atom. The van der Waals surface area contributed by atoms with Crippen LogP contribution in [-0.2, 0) is 4.79 Å². The zero-order valence-corrected chi connectivity index (χ0v) is 12.1. The van der Waals surface area contributed by atoms with Crippen molar-refractivity contribution in [3.63, 3.8) is 0 Å². The first-order valence-electron chi connectivity index (χ1n) is 6.71. The van der Waals surface area contributed by atoms with Crippen LogP contribution in [-0.4, -0.2) is 23.1 Å². The lowest BCUT2D eigenvalue weighted by molar-refractivity contribution is -0.121. The third kappa shape index (κ3) is 4.72. The summed E-state index contributed by atoms with van der Waals surface area (Å²) in [7, 11) is 0. The van der Waals surface area contributed by atoms with Crippen LogP contribution in [0.4, 0.5) is 5.69 Å². The monoisotopic (exact) mass is 282 g/mol. The molecule has 0 aliphatic carbocycles. The van der Waals surface area contributed by atoms with Crippen molar-refractivity contribution in [2.75, 3.05) is 5.32 Å². The number of hydrogen-bond acceptors (Lipinski definition) is 4. The first-order chi connectivity index (χ1) is 10.1. The molecule has 1 atom stereocenters. The second-order valence-corrected chi connectivity index (χ2v) is 4.75. The van der Waals surface area contributed by atoms with Gasteiger partial charge in [0.15, 0.2) is 0 Å². The maximum absolute atomic E-state index is 11.9. The molecular weight excluding hydrogens is 264 g/mol. The summed E-state index contributed by atoms with van der Waals surface area (Å²) < 4.78 is 0. The molecule has 0 saturated carbocycles. The summed E-state index contributed by atoms with van der Waals surface area (Å²) in [6.45, 7) is 3.80. The van der Waals surface area contributed by atoms with Gasteiger partial charge in [-0.3, -0.25) is 9.78 Å². The van der Waals surface area contributed by atoms with Crippen LogP contribution in [0.5, 0.6) is 0 Å². The van der Waals surface area contributed by atoms with E-state index in [1.54, 1.807) is 25.5 Å². The Morgan fingerprint density at radius 3 is 2.76 bits per heavy atom. The van der Waals surface area contributed by atoms with Gasteiger partial charge in [-0.1, -0.05) is 12.1 Å². The molecule has 1 aromatic heterocycles. The quantitative estimate of drug-likeness (QED) is 0.653. The number of aryl methyl sites for hydroxylation is 1. The third-order valence-corrected chi connectivity index (χ3v) is 2.89. The number of rotatable bonds is 5. The van der Waals surface area contributed by atoms with Crippen LogP contribution in [0.1, 0.15) is 18.1 Å². The molecule has 0 radical (unpaired) electrons. The highest BCUT2D eigenvalue weighted by Crippen LogP contribution is 2.10. The van der Waals surface area contributed by atoms with Gasteiger partial charge in [-0.15, -0.1) is 0 Å². The number of carbonyl (C=O) groups is 1. The second kappa shape index (κ2) is 7.19. The van der Waals surface area contributed by atoms with Crippen LogP contribution >= 0.6 is 0 Å². The second-order valence-electron chi connectivity index (χ2n) is 4.75. The predicted octanol–water partition coefficient (Wildman–Crippen LogP) is 2.34. The van der Waals surface area contributed by atoms with Gasteiger partial charge in [0, 0.05) is 18.1 Å². The van der Waals surface area contributed by atoms with E-state index < -0.39 is 0 Å². The van der Waals surface area contributed by atoms with Crippen LogP contribution in [0.25, 0.3) is 0 Å². The van der Waals surface area contributed by atoms with Crippen molar-refractivity contribution in [1.82, 2.24) is 10.4 Å². The van der Waals surface area contributed by atoms with Crippen LogP contribution in [0.15, 0.2) is 53.9 Å². The molecule has 1 amide bonds. The SMILES string of the molecule is Cc1cccc(NC(C)C(=O)NN=Cc2ccncc2)c1. The van der Waals surface area contributed by atoms with Crippen molar-refractivity contribution in [3.05, 3.63) is 59.9 Å². The molecule has 0 spiro atoms. The lowest BCUT2D eigenvalue weighted by atomic mass is 10.2. The highest BCUT2D eigenvalue weighted by molar-refractivity contribution is 5.86. The van der Waals surface area contributed by atoms with E-state index in [0.717, 1.165) is 16.8 Å². The fraction of sp³-hybridized carbons (Fsp3) is 0.188. The summed E-state index contributed by atoms with van der Waals surface area (Å²) in [6, 6.07) is 11.1. The Labute approximate surface area is 124 Å². The first kappa shape index (κ1) is 14.7. The van der Waals surface area contributed by atoms with Crippen molar-refractivity contribution in [2.45, 2.75) is 19.9 Å². The van der Waals surface area contributed by atoms with E-state index in [9.17, 15) is 4.79 Å². The molecule has 1 aromatic carbocycles. The average molecular weight is 282 g/mol. The number of aromatic nitrogens is 1. The maximum Gasteiger partial charge on any atom is 0.262 e. The number of benzene rings is 1. The lowest BCUT2D eigenvalue weighted by Crippen LogP contribution is -2.34. The van der Waals surface area contributed by atoms with Crippen molar-refractivity contribution in [1.29, 1.82) is 0 Å². The largest absolute Gasteiger partial charge is 0.374 e. The smallest absolute Gasteiger partial charge is 0.262 e. The Hall–Kier alpha value is -2.69. The number of anilines is 1. The maximum atomic E-state index is 11.9. The molecule has 1 unspecified atom stereocenters. The fourth-order valence-corrected chi connectivity index (χ4v) is 1.77. The van der Waals surface area contributed by atoms with Crippen LogP contribution in [0.2, 0.25) is 0 Å². The van der Waals surface area contributed by atoms with Gasteiger partial charge in [-0.25, -0.2) is 5.43 Å². The van der Waals surface area contributed by atoms with Crippen molar-refractivity contribution < 1.29 is 4.79 Å². The minimum Gasteiger partial charge on any atom is -0.374 e. The van der Waals surface area contributed by atoms with Gasteiger partial charge in [0.25, 0.3) is 5.91 Å². The Balaban J connectivity index is 1.87. The number of nitrogens with one attached hydrogen (secondary N) is 2. The number of carbonyl (C=O) groups excluding carboxylic acids is 1. The Bertz CT molecular complexity index is 625. The molecule has 0 saturated heterocycles. The zero-order chi connectivity index (χ0) is 15.1. The Morgan fingerprint density at radius 1 is 1.29 bits per heavy atom. The lowest BCUT2D eigenvalue weighted by Gasteiger charge is -2.13.